The Balaban J connectivity index is 0.000000188. The highest BCUT2D eigenvalue weighted by Crippen LogP contribution is 2.60. The number of esters is 1. The third kappa shape index (κ3) is 7.75. The van der Waals surface area contributed by atoms with Gasteiger partial charge in [-0.25, -0.2) is 8.42 Å². The number of halogens is 5. The van der Waals surface area contributed by atoms with Crippen LogP contribution in [0.1, 0.15) is 64.9 Å². The first kappa shape index (κ1) is 36.3. The molecule has 0 aromatic heterocycles. The summed E-state index contributed by atoms with van der Waals surface area (Å²) in [6.45, 7) is 6.78. The van der Waals surface area contributed by atoms with Crippen molar-refractivity contribution in [2.45, 2.75) is 96.9 Å². The lowest BCUT2D eigenvalue weighted by molar-refractivity contribution is -0.266. The maximum Gasteiger partial charge on any atom is 0.432 e. The van der Waals surface area contributed by atoms with E-state index in [9.17, 15) is 39.7 Å². The quantitative estimate of drug-likeness (QED) is 0.106. The van der Waals surface area contributed by atoms with E-state index in [1.54, 1.807) is 0 Å². The molecule has 0 amide bonds. The summed E-state index contributed by atoms with van der Waals surface area (Å²) in [6.07, 6.45) is -6.91. The lowest BCUT2D eigenvalue weighted by Gasteiger charge is -2.55. The van der Waals surface area contributed by atoms with Gasteiger partial charge in [0.2, 0.25) is 0 Å². The van der Waals surface area contributed by atoms with Crippen molar-refractivity contribution in [3.63, 3.8) is 0 Å². The Hall–Kier alpha value is -2.96. The standard InChI is InChI=1S/C22H23S.C14H17F5O5S/c1-22(2,3)18-14-16-21(17-15-18)23(19-10-6-4-7-11-19)20-12-8-5-9-13-20;15-13(16,17)10(14(18,19)25(21,22)23)24-11(20)12-4-7-1-8(5-12)3-9(2-7)6-12/h4-17H,1-3H3;7-10H,1-6H2,(H,21,22,23)/q+1;/p-1. The number of carbonyl (C=O) groups excluding carboxylic acids is 1. The molecule has 3 aromatic rings. The molecule has 4 aliphatic rings. The minimum Gasteiger partial charge on any atom is -0.743 e. The molecule has 4 bridgehead atoms. The summed E-state index contributed by atoms with van der Waals surface area (Å²) in [7, 11) is -6.72. The van der Waals surface area contributed by atoms with Crippen molar-refractivity contribution in [2.75, 3.05) is 0 Å². The molecule has 4 fully saturated rings. The summed E-state index contributed by atoms with van der Waals surface area (Å²) in [5.41, 5.74) is 0.281. The normalized spacial score (nSPS) is 24.5. The summed E-state index contributed by atoms with van der Waals surface area (Å²) < 4.78 is 102. The fraction of sp³-hybridized carbons (Fsp3) is 0.472. The zero-order valence-corrected chi connectivity index (χ0v) is 28.5. The number of rotatable bonds is 7. The van der Waals surface area contributed by atoms with Gasteiger partial charge in [-0.3, -0.25) is 4.79 Å². The van der Waals surface area contributed by atoms with E-state index in [4.69, 9.17) is 0 Å². The minimum absolute atomic E-state index is 0.0497. The molecule has 1 unspecified atom stereocenters. The predicted molar refractivity (Wildman–Crippen MR) is 171 cm³/mol. The molecule has 0 N–H and O–H groups in total. The van der Waals surface area contributed by atoms with Crippen molar-refractivity contribution in [3.05, 3.63) is 90.5 Å². The van der Waals surface area contributed by atoms with Crippen molar-refractivity contribution >= 4 is 27.0 Å². The SMILES string of the molecule is CC(C)(C)c1ccc([S+](c2ccccc2)c2ccccc2)cc1.O=C(OC(C(F)(F)F)C(F)(F)S(=O)(=O)[O-])C12CC3CC(CC(C3)C1)C2. The van der Waals surface area contributed by atoms with Crippen LogP contribution in [0, 0.1) is 23.2 Å². The van der Waals surface area contributed by atoms with Crippen molar-refractivity contribution in [1.82, 2.24) is 0 Å². The van der Waals surface area contributed by atoms with E-state index < -0.39 is 39.0 Å². The van der Waals surface area contributed by atoms with Crippen LogP contribution in [-0.4, -0.2) is 36.5 Å². The summed E-state index contributed by atoms with van der Waals surface area (Å²) >= 11 is 0. The van der Waals surface area contributed by atoms with Crippen LogP contribution in [0.5, 0.6) is 0 Å². The Morgan fingerprint density at radius 3 is 1.50 bits per heavy atom. The Labute approximate surface area is 281 Å². The van der Waals surface area contributed by atoms with Gasteiger partial charge in [0.25, 0.3) is 6.10 Å². The van der Waals surface area contributed by atoms with Crippen LogP contribution in [0.4, 0.5) is 22.0 Å². The van der Waals surface area contributed by atoms with Crippen LogP contribution in [0.25, 0.3) is 0 Å². The molecule has 48 heavy (non-hydrogen) atoms. The van der Waals surface area contributed by atoms with E-state index in [1.807, 2.05) is 0 Å². The third-order valence-electron chi connectivity index (χ3n) is 9.55. The van der Waals surface area contributed by atoms with E-state index >= 15 is 0 Å². The van der Waals surface area contributed by atoms with Crippen molar-refractivity contribution in [1.29, 1.82) is 0 Å². The van der Waals surface area contributed by atoms with Crippen molar-refractivity contribution in [3.8, 4) is 0 Å². The zero-order valence-electron chi connectivity index (χ0n) is 26.9. The van der Waals surface area contributed by atoms with Gasteiger partial charge in [-0.15, -0.1) is 0 Å². The first-order chi connectivity index (χ1) is 22.3. The summed E-state index contributed by atoms with van der Waals surface area (Å²) in [5, 5.41) is -5.79. The molecule has 0 saturated heterocycles. The molecule has 3 aromatic carbocycles. The summed E-state index contributed by atoms with van der Waals surface area (Å²) in [6, 6.07) is 30.7. The molecular formula is C36H39F5O5S2. The highest BCUT2D eigenvalue weighted by atomic mass is 32.2. The molecule has 260 valence electrons. The zero-order chi connectivity index (χ0) is 35.1. The van der Waals surface area contributed by atoms with Crippen molar-refractivity contribution < 1.29 is 44.5 Å². The molecule has 1 atom stereocenters. The van der Waals surface area contributed by atoms with Crippen LogP contribution in [-0.2, 0) is 36.0 Å². The number of ether oxygens (including phenoxy) is 1. The maximum absolute atomic E-state index is 13.5. The molecule has 4 saturated carbocycles. The van der Waals surface area contributed by atoms with Gasteiger partial charge in [-0.05, 0) is 104 Å². The van der Waals surface area contributed by atoms with Crippen LogP contribution in [0.3, 0.4) is 0 Å². The van der Waals surface area contributed by atoms with E-state index in [0.29, 0.717) is 0 Å². The second-order valence-corrected chi connectivity index (χ2v) is 17.7. The number of hydrogen-bond acceptors (Lipinski definition) is 5. The molecule has 0 heterocycles. The van der Waals surface area contributed by atoms with Gasteiger partial charge in [0.05, 0.1) is 16.3 Å². The first-order valence-corrected chi connectivity index (χ1v) is 18.5. The second kappa shape index (κ2) is 13.4. The van der Waals surface area contributed by atoms with Gasteiger partial charge in [-0.2, -0.15) is 22.0 Å². The average molecular weight is 711 g/mol. The van der Waals surface area contributed by atoms with Crippen LogP contribution < -0.4 is 0 Å². The van der Waals surface area contributed by atoms with Gasteiger partial charge >= 0.3 is 17.4 Å². The Bertz CT molecular complexity index is 1600. The Morgan fingerprint density at radius 1 is 0.750 bits per heavy atom. The van der Waals surface area contributed by atoms with Crippen LogP contribution >= 0.6 is 0 Å². The first-order valence-electron chi connectivity index (χ1n) is 15.9. The minimum atomic E-state index is -6.67. The highest BCUT2D eigenvalue weighted by Gasteiger charge is 2.65. The largest absolute Gasteiger partial charge is 0.743 e. The maximum atomic E-state index is 13.5. The Morgan fingerprint density at radius 2 is 1.15 bits per heavy atom. The molecule has 12 heteroatoms. The lowest BCUT2D eigenvalue weighted by atomic mass is 9.49. The lowest BCUT2D eigenvalue weighted by Crippen LogP contribution is -2.56. The molecule has 4 aliphatic carbocycles. The highest BCUT2D eigenvalue weighted by molar-refractivity contribution is 7.97. The summed E-state index contributed by atoms with van der Waals surface area (Å²) in [4.78, 5) is 16.5. The molecule has 0 aliphatic heterocycles. The topological polar surface area (TPSA) is 83.5 Å². The van der Waals surface area contributed by atoms with Gasteiger partial charge in [0.1, 0.15) is 0 Å². The van der Waals surface area contributed by atoms with E-state index in [2.05, 4.69) is 110 Å². The smallest absolute Gasteiger partial charge is 0.432 e. The van der Waals surface area contributed by atoms with Crippen LogP contribution in [0.2, 0.25) is 0 Å². The van der Waals surface area contributed by atoms with Gasteiger partial charge in [-0.1, -0.05) is 69.3 Å². The molecule has 5 nitrogen and oxygen atoms in total. The number of alkyl halides is 5. The number of carbonyl (C=O) groups is 1. The number of hydrogen-bond donors (Lipinski definition) is 0. The van der Waals surface area contributed by atoms with Crippen molar-refractivity contribution in [2.24, 2.45) is 23.2 Å². The van der Waals surface area contributed by atoms with E-state index in [0.717, 1.165) is 19.3 Å². The number of benzene rings is 3. The Kier molecular flexibility index (Phi) is 10.1. The summed E-state index contributed by atoms with van der Waals surface area (Å²) in [5.74, 6) is -1.08. The molecule has 0 radical (unpaired) electrons. The second-order valence-electron chi connectivity index (χ2n) is 14.2. The van der Waals surface area contributed by atoms with Gasteiger partial charge < -0.3 is 9.29 Å². The molecule has 0 spiro atoms. The third-order valence-corrected chi connectivity index (χ3v) is 12.7. The van der Waals surface area contributed by atoms with Crippen LogP contribution in [0.15, 0.2) is 99.6 Å². The average Bonchev–Trinajstić information content (AvgIpc) is 2.99. The van der Waals surface area contributed by atoms with Gasteiger partial charge in [0, 0.05) is 0 Å². The molecular weight excluding hydrogens is 672 g/mol. The van der Waals surface area contributed by atoms with E-state index in [-0.39, 0.29) is 53.3 Å². The van der Waals surface area contributed by atoms with E-state index in [1.165, 1.54) is 20.2 Å². The monoisotopic (exact) mass is 710 g/mol. The predicted octanol–water partition coefficient (Wildman–Crippen LogP) is 8.89. The fourth-order valence-corrected chi connectivity index (χ4v) is 10.2. The fourth-order valence-electron chi connectivity index (χ4n) is 7.66. The molecule has 7 rings (SSSR count). The van der Waals surface area contributed by atoms with Gasteiger partial charge in [0.15, 0.2) is 24.8 Å².